The standard InChI is InChI=1S/C74H49N/c1-4-20-50(21-5-1)53-38-43-57(44-39-53)75(59-27-18-26-55(48-59)51-22-6-2-7-23-51)58-45-40-54(41-46-58)60-31-19-37-70-72(60)63-30-12-15-34-66(63)74(70)68-36-17-16-35-67(68)73(64-32-13-10-28-61(64)62-29-11-14-33-65(62)73)71-49-56(42-47-69(71)74)52-24-8-3-9-25-52/h1-49H. The van der Waals surface area contributed by atoms with E-state index in [1.165, 1.54) is 111 Å². The zero-order valence-corrected chi connectivity index (χ0v) is 41.2. The quantitative estimate of drug-likeness (QED) is 0.154. The Morgan fingerprint density at radius 3 is 1.12 bits per heavy atom. The van der Waals surface area contributed by atoms with Gasteiger partial charge in [-0.2, -0.15) is 0 Å². The predicted molar refractivity (Wildman–Crippen MR) is 311 cm³/mol. The van der Waals surface area contributed by atoms with Gasteiger partial charge >= 0.3 is 0 Å². The molecule has 1 unspecified atom stereocenters. The van der Waals surface area contributed by atoms with E-state index in [0.29, 0.717) is 0 Å². The molecule has 0 N–H and O–H groups in total. The third-order valence-electron chi connectivity index (χ3n) is 16.6. The highest BCUT2D eigenvalue weighted by atomic mass is 15.1. The molecule has 0 saturated carbocycles. The second kappa shape index (κ2) is 17.0. The van der Waals surface area contributed by atoms with E-state index in [0.717, 1.165) is 17.1 Å². The van der Waals surface area contributed by atoms with Gasteiger partial charge in [-0.15, -0.1) is 0 Å². The van der Waals surface area contributed by atoms with Crippen LogP contribution in [-0.2, 0) is 10.8 Å². The van der Waals surface area contributed by atoms with E-state index in [1.54, 1.807) is 0 Å². The molecular formula is C74H49N. The number of hydrogen-bond acceptors (Lipinski definition) is 1. The summed E-state index contributed by atoms with van der Waals surface area (Å²) < 4.78 is 0. The van der Waals surface area contributed by atoms with Gasteiger partial charge in [-0.3, -0.25) is 0 Å². The first-order valence-electron chi connectivity index (χ1n) is 26.2. The summed E-state index contributed by atoms with van der Waals surface area (Å²) in [5, 5.41) is 0. The summed E-state index contributed by atoms with van der Waals surface area (Å²) >= 11 is 0. The van der Waals surface area contributed by atoms with Crippen molar-refractivity contribution in [2.75, 3.05) is 4.90 Å². The van der Waals surface area contributed by atoms with Gasteiger partial charge in [0.05, 0.1) is 10.8 Å². The van der Waals surface area contributed by atoms with Gasteiger partial charge in [0, 0.05) is 17.1 Å². The van der Waals surface area contributed by atoms with E-state index in [9.17, 15) is 0 Å². The summed E-state index contributed by atoms with van der Waals surface area (Å²) in [6.07, 6.45) is 0. The van der Waals surface area contributed by atoms with Crippen molar-refractivity contribution in [3.05, 3.63) is 342 Å². The summed E-state index contributed by atoms with van der Waals surface area (Å²) in [5.74, 6) is 0. The van der Waals surface area contributed by atoms with Crippen molar-refractivity contribution in [1.82, 2.24) is 0 Å². The van der Waals surface area contributed by atoms with Crippen molar-refractivity contribution < 1.29 is 0 Å². The van der Waals surface area contributed by atoms with Crippen LogP contribution in [-0.4, -0.2) is 0 Å². The molecule has 0 radical (unpaired) electrons. The van der Waals surface area contributed by atoms with Gasteiger partial charge in [0.25, 0.3) is 0 Å². The maximum atomic E-state index is 2.54. The summed E-state index contributed by atoms with van der Waals surface area (Å²) in [7, 11) is 0. The minimum Gasteiger partial charge on any atom is -0.310 e. The molecule has 0 saturated heterocycles. The normalized spacial score (nSPS) is 14.8. The van der Waals surface area contributed by atoms with E-state index in [2.05, 4.69) is 302 Å². The summed E-state index contributed by atoms with van der Waals surface area (Å²) in [6, 6.07) is 111. The molecule has 0 fully saturated rings. The highest BCUT2D eigenvalue weighted by Crippen LogP contribution is 2.68. The molecular weight excluding hydrogens is 903 g/mol. The molecule has 0 bridgehead atoms. The highest BCUT2D eigenvalue weighted by Gasteiger charge is 2.59. The molecule has 12 aromatic rings. The highest BCUT2D eigenvalue weighted by molar-refractivity contribution is 5.99. The molecule has 0 heterocycles. The van der Waals surface area contributed by atoms with Crippen LogP contribution in [0, 0.1) is 0 Å². The van der Waals surface area contributed by atoms with Gasteiger partial charge in [-0.25, -0.2) is 0 Å². The van der Waals surface area contributed by atoms with Crippen LogP contribution in [0.3, 0.4) is 0 Å². The van der Waals surface area contributed by atoms with Gasteiger partial charge in [0.1, 0.15) is 0 Å². The molecule has 0 aliphatic heterocycles. The van der Waals surface area contributed by atoms with Crippen molar-refractivity contribution in [2.45, 2.75) is 10.8 Å². The van der Waals surface area contributed by atoms with Gasteiger partial charge in [0.15, 0.2) is 0 Å². The molecule has 3 aliphatic rings. The summed E-state index contributed by atoms with van der Waals surface area (Å²) in [6.45, 7) is 0. The van der Waals surface area contributed by atoms with Crippen LogP contribution in [0.1, 0.15) is 44.5 Å². The maximum Gasteiger partial charge on any atom is 0.0720 e. The molecule has 350 valence electrons. The SMILES string of the molecule is c1ccc(-c2ccc(N(c3ccc(-c4cccc5c4-c4ccccc4C54c5ccccc5C5(c6ccccc6-c6ccccc65)c5cc(-c6ccccc6)ccc54)cc3)c3cccc(-c4ccccc4)c3)cc2)cc1. The van der Waals surface area contributed by atoms with E-state index in [-0.39, 0.29) is 0 Å². The molecule has 1 atom stereocenters. The van der Waals surface area contributed by atoms with Crippen molar-refractivity contribution in [3.63, 3.8) is 0 Å². The zero-order valence-electron chi connectivity index (χ0n) is 41.2. The number of hydrogen-bond donors (Lipinski definition) is 0. The fourth-order valence-corrected chi connectivity index (χ4v) is 13.5. The van der Waals surface area contributed by atoms with Gasteiger partial charge in [-0.1, -0.05) is 255 Å². The minimum absolute atomic E-state index is 0.547. The van der Waals surface area contributed by atoms with Crippen molar-refractivity contribution >= 4 is 17.1 Å². The van der Waals surface area contributed by atoms with Crippen LogP contribution in [0.4, 0.5) is 17.1 Å². The summed E-state index contributed by atoms with van der Waals surface area (Å²) in [4.78, 5) is 2.39. The maximum absolute atomic E-state index is 2.54. The molecule has 1 nitrogen and oxygen atoms in total. The smallest absolute Gasteiger partial charge is 0.0720 e. The van der Waals surface area contributed by atoms with Crippen LogP contribution < -0.4 is 4.90 Å². The minimum atomic E-state index is -0.604. The molecule has 12 aromatic carbocycles. The average molecular weight is 952 g/mol. The third-order valence-corrected chi connectivity index (χ3v) is 16.6. The Hall–Kier alpha value is -9.56. The van der Waals surface area contributed by atoms with Crippen LogP contribution in [0.15, 0.2) is 297 Å². The lowest BCUT2D eigenvalue weighted by Gasteiger charge is -2.49. The van der Waals surface area contributed by atoms with Gasteiger partial charge in [0.2, 0.25) is 0 Å². The molecule has 2 spiro atoms. The lowest BCUT2D eigenvalue weighted by molar-refractivity contribution is 0.633. The molecule has 0 amide bonds. The lowest BCUT2D eigenvalue weighted by atomic mass is 9.52. The second-order valence-corrected chi connectivity index (χ2v) is 20.2. The number of nitrogens with zero attached hydrogens (tertiary/aromatic N) is 1. The van der Waals surface area contributed by atoms with Crippen LogP contribution in [0.2, 0.25) is 0 Å². The first kappa shape index (κ1) is 43.1. The monoisotopic (exact) mass is 951 g/mol. The molecule has 3 aliphatic carbocycles. The Kier molecular flexibility index (Phi) is 9.77. The van der Waals surface area contributed by atoms with Crippen LogP contribution >= 0.6 is 0 Å². The Balaban J connectivity index is 0.929. The molecule has 75 heavy (non-hydrogen) atoms. The van der Waals surface area contributed by atoms with Gasteiger partial charge < -0.3 is 4.90 Å². The zero-order chi connectivity index (χ0) is 49.5. The Morgan fingerprint density at radius 1 is 0.187 bits per heavy atom. The average Bonchev–Trinajstić information content (AvgIpc) is 4.14. The van der Waals surface area contributed by atoms with E-state index >= 15 is 0 Å². The fourth-order valence-electron chi connectivity index (χ4n) is 13.5. The number of benzene rings is 12. The van der Waals surface area contributed by atoms with Crippen LogP contribution in [0.5, 0.6) is 0 Å². The third kappa shape index (κ3) is 6.32. The van der Waals surface area contributed by atoms with Gasteiger partial charge in [-0.05, 0) is 154 Å². The number of fused-ring (bicyclic) bond motifs is 16. The fraction of sp³-hybridized carbons (Fsp3) is 0.0270. The number of anilines is 3. The Bertz CT molecular complexity index is 4110. The largest absolute Gasteiger partial charge is 0.310 e. The first-order chi connectivity index (χ1) is 37.2. The second-order valence-electron chi connectivity index (χ2n) is 20.2. The van der Waals surface area contributed by atoms with E-state index < -0.39 is 10.8 Å². The number of rotatable bonds is 7. The molecule has 0 aromatic heterocycles. The molecule has 1 heteroatoms. The van der Waals surface area contributed by atoms with Crippen molar-refractivity contribution in [2.24, 2.45) is 0 Å². The lowest BCUT2D eigenvalue weighted by Crippen LogP contribution is -2.43. The van der Waals surface area contributed by atoms with Crippen molar-refractivity contribution in [3.8, 4) is 66.8 Å². The van der Waals surface area contributed by atoms with Crippen LogP contribution in [0.25, 0.3) is 66.8 Å². The topological polar surface area (TPSA) is 3.24 Å². The Labute approximate surface area is 439 Å². The van der Waals surface area contributed by atoms with E-state index in [4.69, 9.17) is 0 Å². The first-order valence-corrected chi connectivity index (χ1v) is 26.2. The Morgan fingerprint density at radius 2 is 0.547 bits per heavy atom. The summed E-state index contributed by atoms with van der Waals surface area (Å²) in [5.41, 5.74) is 27.6. The van der Waals surface area contributed by atoms with E-state index in [1.807, 2.05) is 0 Å². The molecule has 15 rings (SSSR count). The predicted octanol–water partition coefficient (Wildman–Crippen LogP) is 18.9. The van der Waals surface area contributed by atoms with Crippen molar-refractivity contribution in [1.29, 1.82) is 0 Å².